The lowest BCUT2D eigenvalue weighted by atomic mass is 9.94. The Morgan fingerprint density at radius 1 is 1.09 bits per heavy atom. The minimum atomic E-state index is 0.0694. The van der Waals surface area contributed by atoms with E-state index in [9.17, 15) is 4.79 Å². The van der Waals surface area contributed by atoms with E-state index >= 15 is 0 Å². The first kappa shape index (κ1) is 22.1. The maximum Gasteiger partial charge on any atom is 0.274 e. The van der Waals surface area contributed by atoms with Crippen molar-refractivity contribution >= 4 is 11.6 Å². The van der Waals surface area contributed by atoms with Gasteiger partial charge >= 0.3 is 0 Å². The Morgan fingerprint density at radius 2 is 1.91 bits per heavy atom. The van der Waals surface area contributed by atoms with E-state index in [1.165, 1.54) is 32.1 Å². The minimum absolute atomic E-state index is 0.0694. The van der Waals surface area contributed by atoms with Crippen molar-refractivity contribution in [2.45, 2.75) is 51.2 Å². The van der Waals surface area contributed by atoms with Gasteiger partial charge in [-0.3, -0.25) is 14.6 Å². The number of pyridine rings is 1. The predicted molar refractivity (Wildman–Crippen MR) is 128 cm³/mol. The first-order valence-corrected chi connectivity index (χ1v) is 12.3. The van der Waals surface area contributed by atoms with Crippen LogP contribution in [0.4, 0.5) is 0 Å². The van der Waals surface area contributed by atoms with Gasteiger partial charge in [-0.2, -0.15) is 0 Å². The highest BCUT2D eigenvalue weighted by Crippen LogP contribution is 2.24. The molecular formula is C25H35N7O. The number of likely N-dealkylation sites (N-methyl/N-ethyl adjacent to an activating group) is 1. The molecule has 0 unspecified atom stereocenters. The molecule has 8 nitrogen and oxygen atoms in total. The summed E-state index contributed by atoms with van der Waals surface area (Å²) in [5, 5.41) is 0. The number of nitrogens with zero attached hydrogens (tertiary/aromatic N) is 7. The van der Waals surface area contributed by atoms with Gasteiger partial charge in [0.05, 0.1) is 12.0 Å². The average Bonchev–Trinajstić information content (AvgIpc) is 3.51. The number of carbonyl (C=O) groups excluding carboxylic acids is 1. The van der Waals surface area contributed by atoms with Crippen LogP contribution in [-0.2, 0) is 13.1 Å². The van der Waals surface area contributed by atoms with E-state index < -0.39 is 0 Å². The number of imidazole rings is 2. The van der Waals surface area contributed by atoms with Crippen molar-refractivity contribution in [2.24, 2.45) is 0 Å². The summed E-state index contributed by atoms with van der Waals surface area (Å²) in [4.78, 5) is 29.4. The topological polar surface area (TPSA) is 61.9 Å². The zero-order valence-corrected chi connectivity index (χ0v) is 19.6. The Morgan fingerprint density at radius 3 is 2.67 bits per heavy atom. The highest BCUT2D eigenvalue weighted by atomic mass is 16.2. The molecule has 0 atom stereocenters. The van der Waals surface area contributed by atoms with Crippen LogP contribution in [0.25, 0.3) is 5.65 Å². The normalized spacial score (nSPS) is 18.4. The smallest absolute Gasteiger partial charge is 0.274 e. The first-order valence-electron chi connectivity index (χ1n) is 12.3. The number of carbonyl (C=O) groups is 1. The van der Waals surface area contributed by atoms with Crippen LogP contribution in [0.5, 0.6) is 0 Å². The molecule has 33 heavy (non-hydrogen) atoms. The van der Waals surface area contributed by atoms with Gasteiger partial charge in [-0.05, 0) is 32.0 Å². The fraction of sp³-hybridized carbons (Fsp3) is 0.560. The molecule has 3 aromatic rings. The van der Waals surface area contributed by atoms with Gasteiger partial charge < -0.3 is 13.9 Å². The number of hydrogen-bond acceptors (Lipinski definition) is 5. The highest BCUT2D eigenvalue weighted by molar-refractivity contribution is 5.94. The molecule has 0 aromatic carbocycles. The van der Waals surface area contributed by atoms with E-state index in [1.54, 1.807) is 6.20 Å². The Labute approximate surface area is 195 Å². The lowest BCUT2D eigenvalue weighted by Crippen LogP contribution is -2.52. The monoisotopic (exact) mass is 449 g/mol. The Bertz CT molecular complexity index is 1050. The van der Waals surface area contributed by atoms with Crippen molar-refractivity contribution in [1.29, 1.82) is 0 Å². The standard InChI is InChI=1S/C25H35N7O/c1-28(13-14-29-12-10-26-20-29)19-22-24(27-23-9-5-6-11-32(22)23)25(33)31-17-15-30(16-18-31)21-7-3-2-4-8-21/h5-6,9-12,20-21H,2-4,7-8,13-19H2,1H3. The van der Waals surface area contributed by atoms with Gasteiger partial charge in [-0.15, -0.1) is 0 Å². The third-order valence-corrected chi connectivity index (χ3v) is 7.24. The van der Waals surface area contributed by atoms with E-state index in [0.717, 1.165) is 50.6 Å². The van der Waals surface area contributed by atoms with E-state index in [1.807, 2.05) is 41.8 Å². The summed E-state index contributed by atoms with van der Waals surface area (Å²) in [6.45, 7) is 5.93. The molecule has 2 aliphatic rings. The number of fused-ring (bicyclic) bond motifs is 1. The molecule has 1 amide bonds. The highest BCUT2D eigenvalue weighted by Gasteiger charge is 2.30. The van der Waals surface area contributed by atoms with Gasteiger partial charge in [0.2, 0.25) is 0 Å². The SMILES string of the molecule is CN(CCn1ccnc1)Cc1c(C(=O)N2CCN(C3CCCCC3)CC2)nc2ccccn12. The van der Waals surface area contributed by atoms with Crippen molar-refractivity contribution in [3.8, 4) is 0 Å². The second-order valence-electron chi connectivity index (χ2n) is 9.49. The predicted octanol–water partition coefficient (Wildman–Crippen LogP) is 2.75. The van der Waals surface area contributed by atoms with Crippen molar-refractivity contribution in [2.75, 3.05) is 39.8 Å². The maximum absolute atomic E-state index is 13.6. The van der Waals surface area contributed by atoms with E-state index in [0.29, 0.717) is 18.3 Å². The van der Waals surface area contributed by atoms with Crippen LogP contribution in [0.3, 0.4) is 0 Å². The van der Waals surface area contributed by atoms with Crippen LogP contribution in [0.2, 0.25) is 0 Å². The summed E-state index contributed by atoms with van der Waals surface area (Å²) in [7, 11) is 2.09. The van der Waals surface area contributed by atoms with Gasteiger partial charge in [-0.25, -0.2) is 9.97 Å². The summed E-state index contributed by atoms with van der Waals surface area (Å²) < 4.78 is 4.14. The van der Waals surface area contributed by atoms with Gasteiger partial charge in [0, 0.05) is 70.4 Å². The van der Waals surface area contributed by atoms with E-state index in [4.69, 9.17) is 4.98 Å². The second-order valence-corrected chi connectivity index (χ2v) is 9.49. The third-order valence-electron chi connectivity index (χ3n) is 7.24. The fourth-order valence-electron chi connectivity index (χ4n) is 5.29. The van der Waals surface area contributed by atoms with Crippen LogP contribution < -0.4 is 0 Å². The maximum atomic E-state index is 13.6. The molecule has 4 heterocycles. The number of aromatic nitrogens is 4. The molecule has 1 aliphatic heterocycles. The molecule has 1 saturated heterocycles. The molecule has 3 aromatic heterocycles. The second kappa shape index (κ2) is 10.1. The van der Waals surface area contributed by atoms with Gasteiger partial charge in [0.1, 0.15) is 5.65 Å². The summed E-state index contributed by atoms with van der Waals surface area (Å²) >= 11 is 0. The molecule has 176 valence electrons. The molecule has 2 fully saturated rings. The summed E-state index contributed by atoms with van der Waals surface area (Å²) in [6, 6.07) is 6.67. The number of rotatable bonds is 7. The number of piperazine rings is 1. The minimum Gasteiger partial charge on any atom is -0.336 e. The number of hydrogen-bond donors (Lipinski definition) is 0. The molecular weight excluding hydrogens is 414 g/mol. The molecule has 1 aliphatic carbocycles. The molecule has 5 rings (SSSR count). The Balaban J connectivity index is 1.28. The van der Waals surface area contributed by atoms with E-state index in [-0.39, 0.29) is 5.91 Å². The van der Waals surface area contributed by atoms with Crippen LogP contribution in [0.15, 0.2) is 43.1 Å². The Hall–Kier alpha value is -2.71. The van der Waals surface area contributed by atoms with Gasteiger partial charge in [-0.1, -0.05) is 25.3 Å². The van der Waals surface area contributed by atoms with Crippen molar-refractivity contribution in [1.82, 2.24) is 33.6 Å². The lowest BCUT2D eigenvalue weighted by Gasteiger charge is -2.40. The first-order chi connectivity index (χ1) is 16.2. The zero-order valence-electron chi connectivity index (χ0n) is 19.6. The van der Waals surface area contributed by atoms with Crippen LogP contribution in [0, 0.1) is 0 Å². The molecule has 0 spiro atoms. The number of amides is 1. The summed E-state index contributed by atoms with van der Waals surface area (Å²) in [5.41, 5.74) is 2.40. The van der Waals surface area contributed by atoms with Crippen molar-refractivity contribution in [3.63, 3.8) is 0 Å². The van der Waals surface area contributed by atoms with Crippen molar-refractivity contribution in [3.05, 3.63) is 54.5 Å². The molecule has 0 bridgehead atoms. The largest absolute Gasteiger partial charge is 0.336 e. The molecule has 0 radical (unpaired) electrons. The van der Waals surface area contributed by atoms with Crippen LogP contribution >= 0.6 is 0 Å². The average molecular weight is 450 g/mol. The van der Waals surface area contributed by atoms with Crippen LogP contribution in [-0.4, -0.2) is 85.4 Å². The van der Waals surface area contributed by atoms with E-state index in [2.05, 4.69) is 30.8 Å². The zero-order chi connectivity index (χ0) is 22.6. The van der Waals surface area contributed by atoms with Gasteiger partial charge in [0.25, 0.3) is 5.91 Å². The fourth-order valence-corrected chi connectivity index (χ4v) is 5.29. The molecule has 0 N–H and O–H groups in total. The Kier molecular flexibility index (Phi) is 6.73. The molecule has 1 saturated carbocycles. The summed E-state index contributed by atoms with van der Waals surface area (Å²) in [6.07, 6.45) is 14.3. The summed E-state index contributed by atoms with van der Waals surface area (Å²) in [5.74, 6) is 0.0694. The van der Waals surface area contributed by atoms with Crippen LogP contribution in [0.1, 0.15) is 48.3 Å². The lowest BCUT2D eigenvalue weighted by molar-refractivity contribution is 0.0517. The van der Waals surface area contributed by atoms with Gasteiger partial charge in [0.15, 0.2) is 5.69 Å². The quantitative estimate of drug-likeness (QED) is 0.555. The van der Waals surface area contributed by atoms with Crippen molar-refractivity contribution < 1.29 is 4.79 Å². The molecule has 8 heteroatoms. The third kappa shape index (κ3) is 4.96.